The number of nitrogens with one attached hydrogen (secondary N) is 1. The molecule has 4 nitrogen and oxygen atoms in total. The number of hydrogen-bond donors (Lipinski definition) is 1. The summed E-state index contributed by atoms with van der Waals surface area (Å²) in [7, 11) is 0. The molecule has 0 fully saturated rings. The van der Waals surface area contributed by atoms with Crippen LogP contribution in [0.1, 0.15) is 23.6 Å². The molecule has 1 atom stereocenters. The molecule has 0 unspecified atom stereocenters. The largest absolute Gasteiger partial charge is 0.355 e. The van der Waals surface area contributed by atoms with Gasteiger partial charge in [0.25, 0.3) is 0 Å². The van der Waals surface area contributed by atoms with Gasteiger partial charge in [-0.3, -0.25) is 9.59 Å². The zero-order valence-electron chi connectivity index (χ0n) is 19.3. The molecular weight excluding hydrogens is 523 g/mol. The Morgan fingerprint density at radius 1 is 0.914 bits per heavy atom. The summed E-state index contributed by atoms with van der Waals surface area (Å²) in [6.45, 7) is 2.61. The molecule has 0 aliphatic heterocycles. The fraction of sp³-hybridized carbons (Fsp3) is 0.259. The van der Waals surface area contributed by atoms with Crippen LogP contribution in [0.25, 0.3) is 0 Å². The van der Waals surface area contributed by atoms with E-state index in [1.807, 2.05) is 55.5 Å². The molecule has 0 heterocycles. The van der Waals surface area contributed by atoms with E-state index >= 15 is 0 Å². The van der Waals surface area contributed by atoms with E-state index in [4.69, 9.17) is 34.8 Å². The maximum absolute atomic E-state index is 13.6. The molecule has 3 aromatic rings. The van der Waals surface area contributed by atoms with Gasteiger partial charge < -0.3 is 10.2 Å². The van der Waals surface area contributed by atoms with E-state index in [0.29, 0.717) is 33.8 Å². The first-order valence-corrected chi connectivity index (χ1v) is 13.5. The molecule has 0 bridgehead atoms. The topological polar surface area (TPSA) is 49.4 Å². The van der Waals surface area contributed by atoms with Crippen LogP contribution in [-0.2, 0) is 28.3 Å². The number of carbonyl (C=O) groups excluding carboxylic acids is 2. The number of amides is 2. The predicted octanol–water partition coefficient (Wildman–Crippen LogP) is 6.66. The lowest BCUT2D eigenvalue weighted by Gasteiger charge is -2.31. The van der Waals surface area contributed by atoms with Gasteiger partial charge in [0.15, 0.2) is 0 Å². The van der Waals surface area contributed by atoms with Crippen LogP contribution in [-0.4, -0.2) is 35.1 Å². The van der Waals surface area contributed by atoms with Crippen LogP contribution >= 0.6 is 46.6 Å². The lowest BCUT2D eigenvalue weighted by Crippen LogP contribution is -2.51. The van der Waals surface area contributed by atoms with Crippen molar-refractivity contribution in [3.05, 3.63) is 105 Å². The molecule has 35 heavy (non-hydrogen) atoms. The number of hydrogen-bond acceptors (Lipinski definition) is 3. The number of benzene rings is 3. The molecule has 0 aromatic heterocycles. The normalized spacial score (nSPS) is 11.7. The molecule has 0 aliphatic carbocycles. The summed E-state index contributed by atoms with van der Waals surface area (Å²) in [4.78, 5) is 28.4. The minimum absolute atomic E-state index is 0.148. The number of nitrogens with zero attached hydrogens (tertiary/aromatic N) is 1. The minimum atomic E-state index is -0.673. The molecule has 3 rings (SSSR count). The van der Waals surface area contributed by atoms with Crippen molar-refractivity contribution in [3.63, 3.8) is 0 Å². The van der Waals surface area contributed by atoms with Gasteiger partial charge in [0.2, 0.25) is 11.8 Å². The molecule has 0 radical (unpaired) electrons. The van der Waals surface area contributed by atoms with E-state index in [1.54, 1.807) is 29.2 Å². The van der Waals surface area contributed by atoms with Crippen molar-refractivity contribution in [3.8, 4) is 0 Å². The highest BCUT2D eigenvalue weighted by molar-refractivity contribution is 7.99. The minimum Gasteiger partial charge on any atom is -0.355 e. The Labute approximate surface area is 225 Å². The summed E-state index contributed by atoms with van der Waals surface area (Å²) >= 11 is 20.2. The highest BCUT2D eigenvalue weighted by Gasteiger charge is 2.30. The summed E-state index contributed by atoms with van der Waals surface area (Å²) in [5.74, 6) is 0.322. The fourth-order valence-electron chi connectivity index (χ4n) is 3.67. The highest BCUT2D eigenvalue weighted by Crippen LogP contribution is 2.28. The Bertz CT molecular complexity index is 1120. The van der Waals surface area contributed by atoms with Gasteiger partial charge in [-0.05, 0) is 47.9 Å². The second-order valence-corrected chi connectivity index (χ2v) is 10.2. The maximum Gasteiger partial charge on any atom is 0.243 e. The SMILES string of the molecule is CCNC(=O)[C@@H](Cc1ccccc1)N(Cc1cccc(Cl)c1)C(=O)CSCc1c(Cl)cccc1Cl. The van der Waals surface area contributed by atoms with Gasteiger partial charge >= 0.3 is 0 Å². The molecule has 0 aliphatic rings. The predicted molar refractivity (Wildman–Crippen MR) is 147 cm³/mol. The van der Waals surface area contributed by atoms with Crippen molar-refractivity contribution in [2.75, 3.05) is 12.3 Å². The zero-order chi connectivity index (χ0) is 25.2. The van der Waals surface area contributed by atoms with Gasteiger partial charge in [0.1, 0.15) is 6.04 Å². The van der Waals surface area contributed by atoms with E-state index < -0.39 is 6.04 Å². The second-order valence-electron chi connectivity index (χ2n) is 7.94. The zero-order valence-corrected chi connectivity index (χ0v) is 22.4. The monoisotopic (exact) mass is 548 g/mol. The van der Waals surface area contributed by atoms with Crippen LogP contribution in [0, 0.1) is 0 Å². The Hall–Kier alpha value is -2.18. The van der Waals surface area contributed by atoms with Gasteiger partial charge in [-0.25, -0.2) is 0 Å². The summed E-state index contributed by atoms with van der Waals surface area (Å²) in [6.07, 6.45) is 0.403. The first kappa shape index (κ1) is 27.4. The average molecular weight is 550 g/mol. The summed E-state index contributed by atoms with van der Waals surface area (Å²) in [5.41, 5.74) is 2.62. The Kier molecular flexibility index (Phi) is 10.8. The summed E-state index contributed by atoms with van der Waals surface area (Å²) in [5, 5.41) is 4.61. The summed E-state index contributed by atoms with van der Waals surface area (Å²) < 4.78 is 0. The van der Waals surface area contributed by atoms with Gasteiger partial charge in [0.05, 0.1) is 5.75 Å². The molecule has 8 heteroatoms. The number of carbonyl (C=O) groups is 2. The van der Waals surface area contributed by atoms with E-state index in [2.05, 4.69) is 5.32 Å². The first-order chi connectivity index (χ1) is 16.9. The van der Waals surface area contributed by atoms with Crippen LogP contribution in [0.4, 0.5) is 0 Å². The highest BCUT2D eigenvalue weighted by atomic mass is 35.5. The molecule has 0 saturated heterocycles. The van der Waals surface area contributed by atoms with Crippen molar-refractivity contribution in [2.24, 2.45) is 0 Å². The lowest BCUT2D eigenvalue weighted by atomic mass is 10.0. The summed E-state index contributed by atoms with van der Waals surface area (Å²) in [6, 6.07) is 21.7. The third-order valence-electron chi connectivity index (χ3n) is 5.40. The molecule has 1 N–H and O–H groups in total. The third-order valence-corrected chi connectivity index (χ3v) is 7.28. The van der Waals surface area contributed by atoms with Crippen molar-refractivity contribution in [1.82, 2.24) is 10.2 Å². The van der Waals surface area contributed by atoms with Crippen molar-refractivity contribution >= 4 is 58.4 Å². The van der Waals surface area contributed by atoms with Crippen molar-refractivity contribution < 1.29 is 9.59 Å². The van der Waals surface area contributed by atoms with Gasteiger partial charge in [0, 0.05) is 40.3 Å². The number of likely N-dealkylation sites (N-methyl/N-ethyl adjacent to an activating group) is 1. The lowest BCUT2D eigenvalue weighted by molar-refractivity contribution is -0.139. The van der Waals surface area contributed by atoms with Crippen molar-refractivity contribution in [2.45, 2.75) is 31.7 Å². The fourth-order valence-corrected chi connectivity index (χ4v) is 5.53. The second kappa shape index (κ2) is 13.8. The molecule has 184 valence electrons. The quantitative estimate of drug-likeness (QED) is 0.291. The van der Waals surface area contributed by atoms with Crippen LogP contribution in [0.2, 0.25) is 15.1 Å². The molecular formula is C27H27Cl3N2O2S. The first-order valence-electron chi connectivity index (χ1n) is 11.2. The Morgan fingerprint density at radius 3 is 2.23 bits per heavy atom. The van der Waals surface area contributed by atoms with E-state index in [0.717, 1.165) is 16.7 Å². The molecule has 3 aromatic carbocycles. The van der Waals surface area contributed by atoms with Crippen LogP contribution in [0.3, 0.4) is 0 Å². The van der Waals surface area contributed by atoms with E-state index in [1.165, 1.54) is 11.8 Å². The molecule has 2 amide bonds. The number of rotatable bonds is 11. The smallest absolute Gasteiger partial charge is 0.243 e. The van der Waals surface area contributed by atoms with Gasteiger partial charge in [-0.2, -0.15) is 0 Å². The third kappa shape index (κ3) is 8.18. The molecule has 0 spiro atoms. The molecule has 0 saturated carbocycles. The van der Waals surface area contributed by atoms with Gasteiger partial charge in [-0.15, -0.1) is 11.8 Å². The van der Waals surface area contributed by atoms with Gasteiger partial charge in [-0.1, -0.05) is 83.3 Å². The van der Waals surface area contributed by atoms with Crippen LogP contribution < -0.4 is 5.32 Å². The average Bonchev–Trinajstić information content (AvgIpc) is 2.84. The maximum atomic E-state index is 13.6. The van der Waals surface area contributed by atoms with Crippen LogP contribution in [0.15, 0.2) is 72.8 Å². The Morgan fingerprint density at radius 2 is 1.57 bits per heavy atom. The van der Waals surface area contributed by atoms with E-state index in [9.17, 15) is 9.59 Å². The van der Waals surface area contributed by atoms with Crippen molar-refractivity contribution in [1.29, 1.82) is 0 Å². The van der Waals surface area contributed by atoms with Crippen LogP contribution in [0.5, 0.6) is 0 Å². The number of thioether (sulfide) groups is 1. The Balaban J connectivity index is 1.85. The standard InChI is InChI=1S/C27H27Cl3N2O2S/c1-2-31-27(34)25(15-19-8-4-3-5-9-19)32(16-20-10-6-11-21(28)14-20)26(33)18-35-17-22-23(29)12-7-13-24(22)30/h3-14,25H,2,15-18H2,1H3,(H,31,34)/t25-/m1/s1. The number of halogens is 3. The van der Waals surface area contributed by atoms with E-state index in [-0.39, 0.29) is 24.1 Å².